The Morgan fingerprint density at radius 1 is 1.29 bits per heavy atom. The molecule has 17 heavy (non-hydrogen) atoms. The average molecular weight is 238 g/mol. The van der Waals surface area contributed by atoms with Crippen LogP contribution < -0.4 is 0 Å². The molecule has 0 aromatic heterocycles. The van der Waals surface area contributed by atoms with Crippen molar-refractivity contribution in [2.24, 2.45) is 11.3 Å². The molecular weight excluding hydrogens is 216 g/mol. The van der Waals surface area contributed by atoms with E-state index in [1.165, 1.54) is 0 Å². The van der Waals surface area contributed by atoms with Gasteiger partial charge in [0.15, 0.2) is 0 Å². The van der Waals surface area contributed by atoms with Gasteiger partial charge in [0.05, 0.1) is 6.61 Å². The highest BCUT2D eigenvalue weighted by molar-refractivity contribution is 5.88. The summed E-state index contributed by atoms with van der Waals surface area (Å²) < 4.78 is 5.23. The smallest absolute Gasteiger partial charge is 0.305 e. The molecular formula is C14H22O3. The Bertz CT molecular complexity index is 311. The maximum absolute atomic E-state index is 12.2. The third-order valence-electron chi connectivity index (χ3n) is 4.24. The van der Waals surface area contributed by atoms with Gasteiger partial charge in [0, 0.05) is 24.2 Å². The van der Waals surface area contributed by atoms with Crippen molar-refractivity contribution in [1.82, 2.24) is 0 Å². The van der Waals surface area contributed by atoms with Crippen LogP contribution in [0.4, 0.5) is 0 Å². The normalized spacial score (nSPS) is 33.8. The molecule has 2 atom stereocenters. The molecule has 1 aliphatic carbocycles. The van der Waals surface area contributed by atoms with Crippen LogP contribution in [-0.4, -0.2) is 18.4 Å². The van der Waals surface area contributed by atoms with Crippen molar-refractivity contribution in [3.63, 3.8) is 0 Å². The molecule has 0 bridgehead atoms. The molecule has 0 amide bonds. The number of carbonyl (C=O) groups is 2. The second-order valence-corrected chi connectivity index (χ2v) is 5.47. The van der Waals surface area contributed by atoms with Gasteiger partial charge >= 0.3 is 5.97 Å². The summed E-state index contributed by atoms with van der Waals surface area (Å²) in [5.41, 5.74) is -0.117. The molecule has 3 nitrogen and oxygen atoms in total. The van der Waals surface area contributed by atoms with Crippen LogP contribution in [0, 0.1) is 11.3 Å². The maximum atomic E-state index is 12.2. The highest BCUT2D eigenvalue weighted by Gasteiger charge is 2.58. The molecule has 0 radical (unpaired) electrons. The van der Waals surface area contributed by atoms with E-state index in [9.17, 15) is 9.59 Å². The Kier molecular flexibility index (Phi) is 3.85. The molecule has 1 aliphatic heterocycles. The van der Waals surface area contributed by atoms with E-state index in [0.29, 0.717) is 31.1 Å². The lowest BCUT2D eigenvalue weighted by molar-refractivity contribution is -0.145. The van der Waals surface area contributed by atoms with Crippen molar-refractivity contribution in [2.45, 2.75) is 58.3 Å². The summed E-state index contributed by atoms with van der Waals surface area (Å²) in [5.74, 6) is 0.646. The van der Waals surface area contributed by atoms with Gasteiger partial charge in [-0.25, -0.2) is 0 Å². The fraction of sp³-hybridized carbons (Fsp3) is 0.857. The fourth-order valence-corrected chi connectivity index (χ4v) is 2.95. The number of hydrogen-bond acceptors (Lipinski definition) is 3. The Morgan fingerprint density at radius 2 is 2.06 bits per heavy atom. The minimum atomic E-state index is -0.117. The third-order valence-corrected chi connectivity index (χ3v) is 4.24. The lowest BCUT2D eigenvalue weighted by Crippen LogP contribution is -2.22. The van der Waals surface area contributed by atoms with Crippen molar-refractivity contribution in [1.29, 1.82) is 0 Å². The van der Waals surface area contributed by atoms with E-state index in [0.717, 1.165) is 38.5 Å². The highest BCUT2D eigenvalue weighted by atomic mass is 16.5. The number of unbranched alkanes of at least 4 members (excludes halogenated alkanes) is 1. The largest absolute Gasteiger partial charge is 0.465 e. The van der Waals surface area contributed by atoms with Crippen LogP contribution in [0.15, 0.2) is 0 Å². The molecule has 0 N–H and O–H groups in total. The summed E-state index contributed by atoms with van der Waals surface area (Å²) in [6.45, 7) is 2.62. The van der Waals surface area contributed by atoms with Gasteiger partial charge in [-0.3, -0.25) is 9.59 Å². The van der Waals surface area contributed by atoms with Gasteiger partial charge in [-0.1, -0.05) is 19.8 Å². The van der Waals surface area contributed by atoms with Crippen LogP contribution in [-0.2, 0) is 14.3 Å². The van der Waals surface area contributed by atoms with Gasteiger partial charge in [-0.2, -0.15) is 0 Å². The maximum Gasteiger partial charge on any atom is 0.305 e. The number of Topliss-reactive ketones (excluding diaryl/α,β-unsaturated/α-hetero) is 1. The van der Waals surface area contributed by atoms with Crippen molar-refractivity contribution in [2.75, 3.05) is 6.61 Å². The first-order valence-corrected chi connectivity index (χ1v) is 6.88. The minimum Gasteiger partial charge on any atom is -0.465 e. The average Bonchev–Trinajstić information content (AvgIpc) is 3.04. The number of cyclic esters (lactones) is 1. The zero-order valence-corrected chi connectivity index (χ0v) is 10.7. The number of rotatable bonds is 3. The molecule has 1 heterocycles. The second-order valence-electron chi connectivity index (χ2n) is 5.47. The van der Waals surface area contributed by atoms with Crippen LogP contribution in [0.2, 0.25) is 0 Å². The molecule has 0 aromatic rings. The summed E-state index contributed by atoms with van der Waals surface area (Å²) >= 11 is 0. The van der Waals surface area contributed by atoms with Crippen LogP contribution in [0.5, 0.6) is 0 Å². The van der Waals surface area contributed by atoms with Crippen LogP contribution in [0.3, 0.4) is 0 Å². The zero-order valence-electron chi connectivity index (χ0n) is 10.7. The number of hydrogen-bond donors (Lipinski definition) is 0. The first-order valence-electron chi connectivity index (χ1n) is 6.88. The molecule has 2 aliphatic rings. The Balaban J connectivity index is 1.99. The number of fused-ring (bicyclic) bond motifs is 1. The molecule has 0 unspecified atom stereocenters. The summed E-state index contributed by atoms with van der Waals surface area (Å²) in [6, 6.07) is 0. The van der Waals surface area contributed by atoms with E-state index in [4.69, 9.17) is 4.74 Å². The third kappa shape index (κ3) is 2.70. The molecule has 1 saturated heterocycles. The van der Waals surface area contributed by atoms with E-state index in [-0.39, 0.29) is 11.4 Å². The molecule has 2 fully saturated rings. The molecule has 0 spiro atoms. The summed E-state index contributed by atoms with van der Waals surface area (Å²) in [5, 5.41) is 0. The molecule has 3 heteroatoms. The van der Waals surface area contributed by atoms with Crippen molar-refractivity contribution >= 4 is 11.8 Å². The first kappa shape index (κ1) is 12.6. The van der Waals surface area contributed by atoms with Crippen LogP contribution in [0.25, 0.3) is 0 Å². The van der Waals surface area contributed by atoms with E-state index in [1.807, 2.05) is 0 Å². The molecule has 96 valence electrons. The van der Waals surface area contributed by atoms with E-state index in [2.05, 4.69) is 6.92 Å². The Morgan fingerprint density at radius 3 is 2.82 bits per heavy atom. The van der Waals surface area contributed by atoms with Gasteiger partial charge in [0.1, 0.15) is 5.78 Å². The predicted molar refractivity (Wildman–Crippen MR) is 64.5 cm³/mol. The predicted octanol–water partition coefficient (Wildman–Crippen LogP) is 2.87. The summed E-state index contributed by atoms with van der Waals surface area (Å²) in [6.07, 6.45) is 6.93. The second kappa shape index (κ2) is 5.19. The van der Waals surface area contributed by atoms with E-state index < -0.39 is 0 Å². The number of carbonyl (C=O) groups excluding carboxylic acids is 2. The van der Waals surface area contributed by atoms with E-state index >= 15 is 0 Å². The summed E-state index contributed by atoms with van der Waals surface area (Å²) in [7, 11) is 0. The van der Waals surface area contributed by atoms with Gasteiger partial charge in [0.2, 0.25) is 0 Å². The number of esters is 1. The van der Waals surface area contributed by atoms with Crippen LogP contribution in [0.1, 0.15) is 58.3 Å². The van der Waals surface area contributed by atoms with Crippen LogP contribution >= 0.6 is 0 Å². The quantitative estimate of drug-likeness (QED) is 0.710. The monoisotopic (exact) mass is 238 g/mol. The highest BCUT2D eigenvalue weighted by Crippen LogP contribution is 2.57. The van der Waals surface area contributed by atoms with E-state index in [1.54, 1.807) is 0 Å². The van der Waals surface area contributed by atoms with Crippen molar-refractivity contribution < 1.29 is 14.3 Å². The van der Waals surface area contributed by atoms with Gasteiger partial charge in [-0.05, 0) is 25.7 Å². The molecule has 1 saturated carbocycles. The first-order chi connectivity index (χ1) is 8.19. The number of ether oxygens (including phenoxy) is 1. The Labute approximate surface area is 103 Å². The SMILES string of the molecule is CCCC[C@@]12C[C@@H]1COC(=O)CCCCC2=O. The molecule has 0 aromatic carbocycles. The molecule has 2 rings (SSSR count). The lowest BCUT2D eigenvalue weighted by Gasteiger charge is -2.17. The minimum absolute atomic E-state index is 0.0874. The Hall–Kier alpha value is -0.860. The lowest BCUT2D eigenvalue weighted by atomic mass is 9.88. The van der Waals surface area contributed by atoms with Gasteiger partial charge < -0.3 is 4.74 Å². The van der Waals surface area contributed by atoms with Crippen molar-refractivity contribution in [3.8, 4) is 0 Å². The fourth-order valence-electron chi connectivity index (χ4n) is 2.95. The van der Waals surface area contributed by atoms with Gasteiger partial charge in [-0.15, -0.1) is 0 Å². The number of ketones is 1. The standard InChI is InChI=1S/C14H22O3/c1-2-3-8-14-9-11(14)10-17-13(16)7-5-4-6-12(14)15/h11H,2-10H2,1H3/t11-,14-/m1/s1. The van der Waals surface area contributed by atoms with Crippen molar-refractivity contribution in [3.05, 3.63) is 0 Å². The van der Waals surface area contributed by atoms with Gasteiger partial charge in [0.25, 0.3) is 0 Å². The topological polar surface area (TPSA) is 43.4 Å². The summed E-state index contributed by atoms with van der Waals surface area (Å²) in [4.78, 5) is 23.6. The zero-order chi connectivity index (χ0) is 12.3.